The largest absolute Gasteiger partial charge is 0.313 e. The van der Waals surface area contributed by atoms with Crippen LogP contribution in [0.4, 0.5) is 0 Å². The van der Waals surface area contributed by atoms with Crippen LogP contribution < -0.4 is 5.32 Å². The highest BCUT2D eigenvalue weighted by Gasteiger charge is 2.31. The summed E-state index contributed by atoms with van der Waals surface area (Å²) in [5.41, 5.74) is 3.20. The van der Waals surface area contributed by atoms with Crippen LogP contribution in [-0.2, 0) is 6.42 Å². The lowest BCUT2D eigenvalue weighted by molar-refractivity contribution is 0.398. The number of benzene rings is 1. The zero-order valence-corrected chi connectivity index (χ0v) is 12.7. The van der Waals surface area contributed by atoms with Crippen LogP contribution in [0.1, 0.15) is 49.7 Å². The molecule has 1 aliphatic carbocycles. The number of thioether (sulfide) groups is 1. The first-order chi connectivity index (χ1) is 9.38. The maximum Gasteiger partial charge on any atom is 0.0201 e. The normalized spacial score (nSPS) is 27.4. The highest BCUT2D eigenvalue weighted by atomic mass is 32.2. The molecule has 1 saturated heterocycles. The van der Waals surface area contributed by atoms with Gasteiger partial charge in [0.15, 0.2) is 0 Å². The van der Waals surface area contributed by atoms with Crippen molar-refractivity contribution in [3.8, 4) is 0 Å². The van der Waals surface area contributed by atoms with E-state index in [0.717, 1.165) is 17.7 Å². The molecule has 0 amide bonds. The van der Waals surface area contributed by atoms with Crippen molar-refractivity contribution in [2.75, 3.05) is 12.3 Å². The monoisotopic (exact) mass is 275 g/mol. The third-order valence-corrected chi connectivity index (χ3v) is 6.15. The number of rotatable bonds is 5. The minimum atomic E-state index is 0.716. The molecule has 1 N–H and O–H groups in total. The van der Waals surface area contributed by atoms with Crippen molar-refractivity contribution in [2.24, 2.45) is 0 Å². The molecule has 3 unspecified atom stereocenters. The van der Waals surface area contributed by atoms with Crippen LogP contribution in [0.3, 0.4) is 0 Å². The average molecular weight is 275 g/mol. The predicted octanol–water partition coefficient (Wildman–Crippen LogP) is 3.98. The van der Waals surface area contributed by atoms with Crippen molar-refractivity contribution in [1.82, 2.24) is 5.32 Å². The van der Waals surface area contributed by atoms with E-state index >= 15 is 0 Å². The summed E-state index contributed by atoms with van der Waals surface area (Å²) in [6, 6.07) is 9.72. The fourth-order valence-electron chi connectivity index (χ4n) is 3.59. The van der Waals surface area contributed by atoms with E-state index in [-0.39, 0.29) is 0 Å². The molecule has 0 spiro atoms. The van der Waals surface area contributed by atoms with Gasteiger partial charge in [0.05, 0.1) is 0 Å². The highest BCUT2D eigenvalue weighted by molar-refractivity contribution is 8.00. The van der Waals surface area contributed by atoms with E-state index in [0.29, 0.717) is 6.04 Å². The van der Waals surface area contributed by atoms with Crippen LogP contribution in [0.25, 0.3) is 0 Å². The minimum absolute atomic E-state index is 0.716. The molecular weight excluding hydrogens is 250 g/mol. The van der Waals surface area contributed by atoms with Gasteiger partial charge < -0.3 is 5.32 Å². The van der Waals surface area contributed by atoms with Crippen LogP contribution >= 0.6 is 11.8 Å². The Bertz CT molecular complexity index is 411. The van der Waals surface area contributed by atoms with Gasteiger partial charge in [-0.3, -0.25) is 0 Å². The third kappa shape index (κ3) is 3.00. The molecule has 0 bridgehead atoms. The smallest absolute Gasteiger partial charge is 0.0201 e. The molecule has 0 saturated carbocycles. The number of fused-ring (bicyclic) bond motifs is 1. The molecule has 1 nitrogen and oxygen atoms in total. The lowest BCUT2D eigenvalue weighted by Gasteiger charge is -2.37. The van der Waals surface area contributed by atoms with Crippen molar-refractivity contribution in [3.63, 3.8) is 0 Å². The molecule has 2 heteroatoms. The fraction of sp³-hybridized carbons (Fsp3) is 0.647. The molecule has 1 aliphatic heterocycles. The lowest BCUT2D eigenvalue weighted by atomic mass is 9.74. The highest BCUT2D eigenvalue weighted by Crippen LogP contribution is 2.40. The molecular formula is C17H25NS. The molecule has 0 aromatic heterocycles. The molecule has 0 radical (unpaired) electrons. The Kier molecular flexibility index (Phi) is 4.49. The molecule has 19 heavy (non-hydrogen) atoms. The molecule has 1 aromatic carbocycles. The van der Waals surface area contributed by atoms with E-state index in [4.69, 9.17) is 0 Å². The molecule has 104 valence electrons. The average Bonchev–Trinajstić information content (AvgIpc) is 2.44. The van der Waals surface area contributed by atoms with Gasteiger partial charge in [-0.05, 0) is 55.0 Å². The molecule has 3 atom stereocenters. The van der Waals surface area contributed by atoms with Crippen LogP contribution in [0.2, 0.25) is 0 Å². The standard InChI is InChI=1S/C17H25NS/c1-2-18-16(17-9-5-6-10-19-17)12-14-11-13-7-3-4-8-15(13)14/h3-4,7-8,14,16-18H,2,5-6,9-12H2,1H3. The minimum Gasteiger partial charge on any atom is -0.313 e. The van der Waals surface area contributed by atoms with Gasteiger partial charge in [0.1, 0.15) is 0 Å². The summed E-state index contributed by atoms with van der Waals surface area (Å²) in [5, 5.41) is 4.61. The van der Waals surface area contributed by atoms with E-state index in [1.165, 1.54) is 37.9 Å². The van der Waals surface area contributed by atoms with E-state index < -0.39 is 0 Å². The second-order valence-corrected chi connectivity index (χ2v) is 7.25. The van der Waals surface area contributed by atoms with Crippen LogP contribution in [0, 0.1) is 0 Å². The number of hydrogen-bond acceptors (Lipinski definition) is 2. The summed E-state index contributed by atoms with van der Waals surface area (Å²) in [6.45, 7) is 3.35. The molecule has 2 aliphatic rings. The van der Waals surface area contributed by atoms with Gasteiger partial charge in [-0.25, -0.2) is 0 Å². The Morgan fingerprint density at radius 1 is 1.32 bits per heavy atom. The summed E-state index contributed by atoms with van der Waals surface area (Å²) in [4.78, 5) is 0. The van der Waals surface area contributed by atoms with Crippen LogP contribution in [0.5, 0.6) is 0 Å². The second-order valence-electron chi connectivity index (χ2n) is 5.90. The van der Waals surface area contributed by atoms with Gasteiger partial charge in [0.2, 0.25) is 0 Å². The van der Waals surface area contributed by atoms with Gasteiger partial charge in [0, 0.05) is 11.3 Å². The molecule has 1 fully saturated rings. The van der Waals surface area contributed by atoms with Crippen molar-refractivity contribution in [3.05, 3.63) is 35.4 Å². The predicted molar refractivity (Wildman–Crippen MR) is 85.1 cm³/mol. The Morgan fingerprint density at radius 2 is 2.21 bits per heavy atom. The summed E-state index contributed by atoms with van der Waals surface area (Å²) in [6.07, 6.45) is 6.90. The van der Waals surface area contributed by atoms with Crippen molar-refractivity contribution < 1.29 is 0 Å². The Morgan fingerprint density at radius 3 is 2.95 bits per heavy atom. The van der Waals surface area contributed by atoms with E-state index in [1.807, 2.05) is 0 Å². The van der Waals surface area contributed by atoms with Crippen LogP contribution in [-0.4, -0.2) is 23.6 Å². The lowest BCUT2D eigenvalue weighted by Crippen LogP contribution is -2.41. The van der Waals surface area contributed by atoms with E-state index in [9.17, 15) is 0 Å². The molecule has 3 rings (SSSR count). The Hall–Kier alpha value is -0.470. The van der Waals surface area contributed by atoms with Crippen molar-refractivity contribution in [2.45, 2.75) is 56.2 Å². The maximum absolute atomic E-state index is 3.76. The topological polar surface area (TPSA) is 12.0 Å². The summed E-state index contributed by atoms with van der Waals surface area (Å²) < 4.78 is 0. The van der Waals surface area contributed by atoms with Crippen LogP contribution in [0.15, 0.2) is 24.3 Å². The Balaban J connectivity index is 1.62. The first kappa shape index (κ1) is 13.5. The first-order valence-electron chi connectivity index (χ1n) is 7.81. The third-order valence-electron chi connectivity index (χ3n) is 4.63. The van der Waals surface area contributed by atoms with Gasteiger partial charge in [-0.2, -0.15) is 11.8 Å². The van der Waals surface area contributed by atoms with Gasteiger partial charge in [-0.15, -0.1) is 0 Å². The van der Waals surface area contributed by atoms with Gasteiger partial charge in [0.25, 0.3) is 0 Å². The quantitative estimate of drug-likeness (QED) is 0.872. The summed E-state index contributed by atoms with van der Waals surface area (Å²) >= 11 is 2.21. The fourth-order valence-corrected chi connectivity index (χ4v) is 5.04. The van der Waals surface area contributed by atoms with Crippen molar-refractivity contribution >= 4 is 11.8 Å². The SMILES string of the molecule is CCNC(CC1Cc2ccccc21)C1CCCCS1. The van der Waals surface area contributed by atoms with Crippen molar-refractivity contribution in [1.29, 1.82) is 0 Å². The molecule has 1 heterocycles. The van der Waals surface area contributed by atoms with Gasteiger partial charge in [-0.1, -0.05) is 37.6 Å². The van der Waals surface area contributed by atoms with Gasteiger partial charge >= 0.3 is 0 Å². The maximum atomic E-state index is 3.76. The Labute approximate surface area is 121 Å². The first-order valence-corrected chi connectivity index (χ1v) is 8.86. The van der Waals surface area contributed by atoms with E-state index in [2.05, 4.69) is 48.3 Å². The number of hydrogen-bond donors (Lipinski definition) is 1. The second kappa shape index (κ2) is 6.32. The van der Waals surface area contributed by atoms with E-state index in [1.54, 1.807) is 11.1 Å². The number of nitrogens with one attached hydrogen (secondary N) is 1. The zero-order chi connectivity index (χ0) is 13.1. The summed E-state index contributed by atoms with van der Waals surface area (Å²) in [5.74, 6) is 2.18. The zero-order valence-electron chi connectivity index (χ0n) is 11.9. The summed E-state index contributed by atoms with van der Waals surface area (Å²) in [7, 11) is 0. The molecule has 1 aromatic rings.